The highest BCUT2D eigenvalue weighted by atomic mass is 79.9. The van der Waals surface area contributed by atoms with Crippen molar-refractivity contribution in [3.8, 4) is 0 Å². The summed E-state index contributed by atoms with van der Waals surface area (Å²) >= 11 is 3.79. The van der Waals surface area contributed by atoms with Crippen LogP contribution in [-0.2, 0) is 25.7 Å². The highest BCUT2D eigenvalue weighted by Gasteiger charge is 2.77. The molecule has 1 spiro atoms. The van der Waals surface area contributed by atoms with Gasteiger partial charge in [-0.25, -0.2) is 0 Å². The summed E-state index contributed by atoms with van der Waals surface area (Å²) in [6.07, 6.45) is 3.15. The van der Waals surface area contributed by atoms with Crippen molar-refractivity contribution in [2.45, 2.75) is 69.3 Å². The van der Waals surface area contributed by atoms with Crippen LogP contribution in [-0.4, -0.2) is 80.9 Å². The lowest BCUT2D eigenvalue weighted by Crippen LogP contribution is -2.60. The second kappa shape index (κ2) is 13.2. The molecule has 0 saturated carbocycles. The molecule has 0 aliphatic carbocycles. The number of aryl methyl sites for hydroxylation is 2. The lowest BCUT2D eigenvalue weighted by molar-refractivity contribution is -0.148. The summed E-state index contributed by atoms with van der Waals surface area (Å²) in [4.78, 5) is 48.9. The molecule has 3 fully saturated rings. The molecule has 3 amide bonds. The van der Waals surface area contributed by atoms with Gasteiger partial charge in [-0.3, -0.25) is 14.4 Å². The zero-order valence-corrected chi connectivity index (χ0v) is 28.2. The molecule has 5 rings (SSSR count). The van der Waals surface area contributed by atoms with Crippen molar-refractivity contribution in [1.82, 2.24) is 9.80 Å². The smallest absolute Gasteiger partial charge is 0.253 e. The van der Waals surface area contributed by atoms with Gasteiger partial charge in [0.15, 0.2) is 0 Å². The normalized spacial score (nSPS) is 27.4. The van der Waals surface area contributed by atoms with E-state index in [1.54, 1.807) is 26.9 Å². The molecule has 3 aliphatic rings. The van der Waals surface area contributed by atoms with Gasteiger partial charge >= 0.3 is 0 Å². The van der Waals surface area contributed by atoms with E-state index in [0.29, 0.717) is 19.5 Å². The summed E-state index contributed by atoms with van der Waals surface area (Å²) in [5.41, 5.74) is 2.34. The van der Waals surface area contributed by atoms with Crippen molar-refractivity contribution in [2.24, 2.45) is 17.8 Å². The molecule has 2 aromatic carbocycles. The second-order valence-corrected chi connectivity index (χ2v) is 14.1. The Morgan fingerprint density at radius 1 is 1.11 bits per heavy atom. The van der Waals surface area contributed by atoms with Crippen molar-refractivity contribution < 1.29 is 24.2 Å². The second-order valence-electron chi connectivity index (χ2n) is 12.9. The first-order valence-corrected chi connectivity index (χ1v) is 16.6. The summed E-state index contributed by atoms with van der Waals surface area (Å²) in [5, 5.41) is 10.6. The van der Waals surface area contributed by atoms with Gasteiger partial charge in [-0.05, 0) is 48.9 Å². The highest BCUT2D eigenvalue weighted by Crippen LogP contribution is 2.61. The first-order valence-electron chi connectivity index (χ1n) is 15.7. The number of halogens is 1. The minimum Gasteiger partial charge on any atom is -0.394 e. The number of hydrogen-bond donors (Lipinski definition) is 1. The molecule has 1 N–H and O–H groups in total. The molecule has 8 nitrogen and oxygen atoms in total. The Morgan fingerprint density at radius 3 is 2.42 bits per heavy atom. The number of likely N-dealkylation sites (tertiary alicyclic amines) is 1. The molecular weight excluding hydrogens is 634 g/mol. The minimum absolute atomic E-state index is 0.153. The minimum atomic E-state index is -1.25. The van der Waals surface area contributed by atoms with Gasteiger partial charge in [0.1, 0.15) is 11.6 Å². The van der Waals surface area contributed by atoms with Gasteiger partial charge in [0, 0.05) is 30.1 Å². The average Bonchev–Trinajstić information content (AvgIpc) is 3.60. The van der Waals surface area contributed by atoms with Crippen molar-refractivity contribution in [2.75, 3.05) is 24.6 Å². The number of rotatable bonds is 12. The van der Waals surface area contributed by atoms with Gasteiger partial charge in [-0.2, -0.15) is 0 Å². The van der Waals surface area contributed by atoms with Gasteiger partial charge < -0.3 is 24.5 Å². The van der Waals surface area contributed by atoms with Gasteiger partial charge in [-0.15, -0.1) is 13.2 Å². The third-order valence-corrected chi connectivity index (χ3v) is 10.5. The third-order valence-electron chi connectivity index (χ3n) is 9.67. The summed E-state index contributed by atoms with van der Waals surface area (Å²) in [6, 6.07) is 13.9. The average molecular weight is 679 g/mol. The summed E-state index contributed by atoms with van der Waals surface area (Å²) in [5.74, 6) is -2.67. The van der Waals surface area contributed by atoms with Crippen molar-refractivity contribution in [3.63, 3.8) is 0 Å². The van der Waals surface area contributed by atoms with Crippen LogP contribution in [0.2, 0.25) is 0 Å². The number of ether oxygens (including phenoxy) is 1. The zero-order chi connectivity index (χ0) is 32.6. The Balaban J connectivity index is 1.62. The predicted molar refractivity (Wildman–Crippen MR) is 179 cm³/mol. The van der Waals surface area contributed by atoms with Gasteiger partial charge in [0.2, 0.25) is 11.8 Å². The van der Waals surface area contributed by atoms with Crippen LogP contribution in [0.3, 0.4) is 0 Å². The van der Waals surface area contributed by atoms with Crippen LogP contribution < -0.4 is 4.90 Å². The zero-order valence-electron chi connectivity index (χ0n) is 26.6. The molecule has 45 heavy (non-hydrogen) atoms. The fourth-order valence-corrected chi connectivity index (χ4v) is 8.55. The predicted octanol–water partition coefficient (Wildman–Crippen LogP) is 4.80. The molecule has 2 bridgehead atoms. The molecule has 3 unspecified atom stereocenters. The van der Waals surface area contributed by atoms with Crippen molar-refractivity contribution in [1.29, 1.82) is 0 Å². The first kappa shape index (κ1) is 33.1. The summed E-state index contributed by atoms with van der Waals surface area (Å²) < 4.78 is 6.80. The summed E-state index contributed by atoms with van der Waals surface area (Å²) in [7, 11) is 0. The number of fused-ring (bicyclic) bond motifs is 1. The number of carbonyl (C=O) groups is 3. The van der Waals surface area contributed by atoms with Gasteiger partial charge in [0.05, 0.1) is 30.6 Å². The van der Waals surface area contributed by atoms with E-state index in [9.17, 15) is 19.5 Å². The lowest BCUT2D eigenvalue weighted by atomic mass is 9.70. The number of anilines is 1. The Kier molecular flexibility index (Phi) is 9.73. The van der Waals surface area contributed by atoms with Crippen LogP contribution in [0.25, 0.3) is 0 Å². The molecule has 9 heteroatoms. The Morgan fingerprint density at radius 2 is 1.80 bits per heavy atom. The lowest BCUT2D eigenvalue weighted by Gasteiger charge is -2.40. The summed E-state index contributed by atoms with van der Waals surface area (Å²) in [6.45, 7) is 16.1. The number of benzene rings is 2. The SMILES string of the molecule is C=CCN(Cc1ccccc1)C(=O)[C@H]1[C@H]2C(=O)N([C@@H](CO)C(C)C)C(C(=O)N(CC=C)c3cc(C)ccc3C)C23CC(Br)[C@@H]1O3. The van der Waals surface area contributed by atoms with Crippen molar-refractivity contribution in [3.05, 3.63) is 90.5 Å². The maximum atomic E-state index is 15.0. The first-order chi connectivity index (χ1) is 21.5. The molecule has 0 radical (unpaired) electrons. The van der Waals surface area contributed by atoms with Gasteiger partial charge in [0.25, 0.3) is 5.91 Å². The number of amides is 3. The Labute approximate surface area is 274 Å². The van der Waals surface area contributed by atoms with E-state index < -0.39 is 35.6 Å². The van der Waals surface area contributed by atoms with E-state index in [0.717, 1.165) is 22.4 Å². The molecule has 7 atom stereocenters. The maximum Gasteiger partial charge on any atom is 0.253 e. The topological polar surface area (TPSA) is 90.4 Å². The van der Waals surface area contributed by atoms with Crippen LogP contribution in [0.1, 0.15) is 37.0 Å². The Hall–Kier alpha value is -3.27. The number of hydrogen-bond acceptors (Lipinski definition) is 5. The quantitative estimate of drug-likeness (QED) is 0.258. The van der Waals surface area contributed by atoms with Gasteiger partial charge in [-0.1, -0.05) is 84.4 Å². The fraction of sp³-hybridized carbons (Fsp3) is 0.472. The van der Waals surface area contributed by atoms with E-state index in [-0.39, 0.29) is 41.6 Å². The molecule has 3 saturated heterocycles. The Bertz CT molecular complexity index is 1460. The van der Waals surface area contributed by atoms with Crippen LogP contribution in [0.4, 0.5) is 5.69 Å². The molecular formula is C36H44BrN3O5. The highest BCUT2D eigenvalue weighted by molar-refractivity contribution is 9.09. The monoisotopic (exact) mass is 677 g/mol. The van der Waals surface area contributed by atoms with Crippen LogP contribution >= 0.6 is 15.9 Å². The molecule has 0 aromatic heterocycles. The molecule has 3 aliphatic heterocycles. The van der Waals surface area contributed by atoms with Crippen LogP contribution in [0.15, 0.2) is 73.8 Å². The van der Waals surface area contributed by atoms with Crippen molar-refractivity contribution >= 4 is 39.3 Å². The largest absolute Gasteiger partial charge is 0.394 e. The number of alkyl halides is 1. The number of nitrogens with zero attached hydrogens (tertiary/aromatic N) is 3. The standard InChI is InChI=1S/C36H44BrN3O5/c1-7-16-38(20-25-12-10-9-11-13-25)33(42)29-30-34(43)40(28(21-41)22(3)4)32(36(30)19-26(37)31(29)45-36)35(44)39(17-8-2)27-18-23(5)14-15-24(27)6/h7-15,18,22,26,28-32,41H,1-2,16-17,19-21H2,3-6H3/t26?,28-,29-,30-,31-,32?,36?/m0/s1. The molecule has 240 valence electrons. The number of aliphatic hydroxyl groups is 1. The fourth-order valence-electron chi connectivity index (χ4n) is 7.60. The molecule has 2 aromatic rings. The van der Waals surface area contributed by atoms with E-state index in [1.165, 1.54) is 0 Å². The third kappa shape index (κ3) is 5.68. The van der Waals surface area contributed by atoms with Crippen LogP contribution in [0, 0.1) is 31.6 Å². The maximum absolute atomic E-state index is 15.0. The van der Waals surface area contributed by atoms with E-state index >= 15 is 0 Å². The number of carbonyl (C=O) groups excluding carboxylic acids is 3. The van der Waals surface area contributed by atoms with Crippen LogP contribution in [0.5, 0.6) is 0 Å². The molecule has 3 heterocycles. The van der Waals surface area contributed by atoms with E-state index in [1.807, 2.05) is 76.2 Å². The van der Waals surface area contributed by atoms with E-state index in [2.05, 4.69) is 29.1 Å². The number of aliphatic hydroxyl groups excluding tert-OH is 1. The van der Waals surface area contributed by atoms with E-state index in [4.69, 9.17) is 4.74 Å².